The van der Waals surface area contributed by atoms with Crippen LogP contribution in [0.2, 0.25) is 0 Å². The van der Waals surface area contributed by atoms with Crippen LogP contribution in [0.15, 0.2) is 48.5 Å². The number of methoxy groups -OCH3 is 1. The fourth-order valence-corrected chi connectivity index (χ4v) is 2.31. The second-order valence-electron chi connectivity index (χ2n) is 5.53. The molecule has 0 aromatic heterocycles. The zero-order valence-electron chi connectivity index (χ0n) is 15.3. The molecule has 0 aliphatic carbocycles. The molecule has 2 aromatic carbocycles. The average Bonchev–Trinajstić information content (AvgIpc) is 2.67. The lowest BCUT2D eigenvalue weighted by atomic mass is 10.1. The number of nitrogens with one attached hydrogen (secondary N) is 2. The van der Waals surface area contributed by atoms with Crippen LogP contribution in [-0.4, -0.2) is 39.4 Å². The maximum Gasteiger partial charge on any atom is 0.314 e. The van der Waals surface area contributed by atoms with Crippen molar-refractivity contribution in [2.75, 3.05) is 33.4 Å². The summed E-state index contributed by atoms with van der Waals surface area (Å²) in [5.74, 6) is 2.39. The van der Waals surface area contributed by atoms with Gasteiger partial charge in [-0.2, -0.15) is 0 Å². The van der Waals surface area contributed by atoms with E-state index in [1.54, 1.807) is 7.11 Å². The molecule has 0 atom stereocenters. The van der Waals surface area contributed by atoms with Crippen molar-refractivity contribution in [3.8, 4) is 17.2 Å². The van der Waals surface area contributed by atoms with Crippen molar-refractivity contribution in [3.63, 3.8) is 0 Å². The van der Waals surface area contributed by atoms with Crippen LogP contribution in [0.1, 0.15) is 12.5 Å². The average molecular weight is 358 g/mol. The van der Waals surface area contributed by atoms with Gasteiger partial charge in [-0.05, 0) is 55.3 Å². The second kappa shape index (κ2) is 10.9. The van der Waals surface area contributed by atoms with Crippen molar-refractivity contribution in [2.24, 2.45) is 0 Å². The Kier molecular flexibility index (Phi) is 8.12. The first kappa shape index (κ1) is 19.4. The van der Waals surface area contributed by atoms with Crippen LogP contribution in [0, 0.1) is 0 Å². The van der Waals surface area contributed by atoms with Crippen LogP contribution in [0.5, 0.6) is 17.2 Å². The summed E-state index contributed by atoms with van der Waals surface area (Å²) < 4.78 is 16.1. The molecule has 140 valence electrons. The summed E-state index contributed by atoms with van der Waals surface area (Å²) in [6, 6.07) is 15.0. The van der Waals surface area contributed by atoms with E-state index in [9.17, 15) is 4.79 Å². The van der Waals surface area contributed by atoms with Gasteiger partial charge in [0, 0.05) is 6.54 Å². The van der Waals surface area contributed by atoms with E-state index >= 15 is 0 Å². The Morgan fingerprint density at radius 1 is 0.846 bits per heavy atom. The number of hydrogen-bond acceptors (Lipinski definition) is 4. The number of amides is 2. The molecule has 6 heteroatoms. The summed E-state index contributed by atoms with van der Waals surface area (Å²) in [7, 11) is 1.64. The van der Waals surface area contributed by atoms with E-state index in [1.165, 1.54) is 0 Å². The zero-order chi connectivity index (χ0) is 18.6. The van der Waals surface area contributed by atoms with E-state index in [0.29, 0.717) is 26.3 Å². The van der Waals surface area contributed by atoms with Gasteiger partial charge in [0.05, 0.1) is 20.3 Å². The molecule has 2 aromatic rings. The van der Waals surface area contributed by atoms with Crippen molar-refractivity contribution in [1.82, 2.24) is 10.6 Å². The molecule has 2 amide bonds. The molecule has 0 spiro atoms. The standard InChI is InChI=1S/C20H26N2O4/c1-3-25-18-8-10-19(11-9-18)26-15-14-22-20(23)21-13-12-16-4-6-17(24-2)7-5-16/h4-11H,3,12-15H2,1-2H3,(H2,21,22,23). The van der Waals surface area contributed by atoms with Gasteiger partial charge in [-0.15, -0.1) is 0 Å². The van der Waals surface area contributed by atoms with E-state index in [2.05, 4.69) is 10.6 Å². The SMILES string of the molecule is CCOc1ccc(OCCNC(=O)NCCc2ccc(OC)cc2)cc1. The first-order valence-electron chi connectivity index (χ1n) is 8.71. The highest BCUT2D eigenvalue weighted by atomic mass is 16.5. The molecule has 0 unspecified atom stereocenters. The molecule has 26 heavy (non-hydrogen) atoms. The molecule has 0 aliphatic heterocycles. The topological polar surface area (TPSA) is 68.8 Å². The number of carbonyl (C=O) groups excluding carboxylic acids is 1. The fourth-order valence-electron chi connectivity index (χ4n) is 2.31. The number of carbonyl (C=O) groups is 1. The van der Waals surface area contributed by atoms with E-state index in [0.717, 1.165) is 29.2 Å². The Bertz CT molecular complexity index is 657. The lowest BCUT2D eigenvalue weighted by Crippen LogP contribution is -2.38. The summed E-state index contributed by atoms with van der Waals surface area (Å²) in [5, 5.41) is 5.60. The minimum Gasteiger partial charge on any atom is -0.497 e. The van der Waals surface area contributed by atoms with Gasteiger partial charge in [0.2, 0.25) is 0 Å². The molecule has 0 saturated heterocycles. The molecule has 6 nitrogen and oxygen atoms in total. The predicted molar refractivity (Wildman–Crippen MR) is 101 cm³/mol. The Morgan fingerprint density at radius 2 is 1.42 bits per heavy atom. The lowest BCUT2D eigenvalue weighted by molar-refractivity contribution is 0.236. The Balaban J connectivity index is 1.56. The zero-order valence-corrected chi connectivity index (χ0v) is 15.3. The number of hydrogen-bond donors (Lipinski definition) is 2. The summed E-state index contributed by atoms with van der Waals surface area (Å²) in [6.45, 7) is 3.98. The van der Waals surface area contributed by atoms with E-state index < -0.39 is 0 Å². The van der Waals surface area contributed by atoms with E-state index in [1.807, 2.05) is 55.5 Å². The molecule has 0 heterocycles. The monoisotopic (exact) mass is 358 g/mol. The Hall–Kier alpha value is -2.89. The van der Waals surface area contributed by atoms with Crippen LogP contribution < -0.4 is 24.8 Å². The normalized spacial score (nSPS) is 10.1. The van der Waals surface area contributed by atoms with Gasteiger partial charge in [-0.25, -0.2) is 4.79 Å². The predicted octanol–water partition coefficient (Wildman–Crippen LogP) is 3.01. The minimum atomic E-state index is -0.200. The highest BCUT2D eigenvalue weighted by Gasteiger charge is 2.01. The molecule has 0 bridgehead atoms. The van der Waals surface area contributed by atoms with Crippen molar-refractivity contribution >= 4 is 6.03 Å². The maximum absolute atomic E-state index is 11.7. The number of rotatable bonds is 10. The third-order valence-electron chi connectivity index (χ3n) is 3.65. The van der Waals surface area contributed by atoms with Gasteiger partial charge < -0.3 is 24.8 Å². The van der Waals surface area contributed by atoms with Gasteiger partial charge in [0.1, 0.15) is 23.9 Å². The molecule has 0 fully saturated rings. The van der Waals surface area contributed by atoms with Gasteiger partial charge in [-0.1, -0.05) is 12.1 Å². The lowest BCUT2D eigenvalue weighted by Gasteiger charge is -2.10. The number of benzene rings is 2. The smallest absolute Gasteiger partial charge is 0.314 e. The summed E-state index contributed by atoms with van der Waals surface area (Å²) in [6.07, 6.45) is 0.764. The number of ether oxygens (including phenoxy) is 3. The van der Waals surface area contributed by atoms with Crippen LogP contribution in [0.3, 0.4) is 0 Å². The second-order valence-corrected chi connectivity index (χ2v) is 5.53. The van der Waals surface area contributed by atoms with Crippen LogP contribution >= 0.6 is 0 Å². The first-order chi connectivity index (χ1) is 12.7. The third-order valence-corrected chi connectivity index (χ3v) is 3.65. The minimum absolute atomic E-state index is 0.200. The van der Waals surface area contributed by atoms with Crippen molar-refractivity contribution in [1.29, 1.82) is 0 Å². The number of urea groups is 1. The van der Waals surface area contributed by atoms with Crippen LogP contribution in [-0.2, 0) is 6.42 Å². The largest absolute Gasteiger partial charge is 0.497 e. The van der Waals surface area contributed by atoms with Gasteiger partial charge >= 0.3 is 6.03 Å². The molecular weight excluding hydrogens is 332 g/mol. The molecule has 2 N–H and O–H groups in total. The fraction of sp³-hybridized carbons (Fsp3) is 0.350. The van der Waals surface area contributed by atoms with Crippen molar-refractivity contribution in [3.05, 3.63) is 54.1 Å². The van der Waals surface area contributed by atoms with Gasteiger partial charge in [-0.3, -0.25) is 0 Å². The van der Waals surface area contributed by atoms with Crippen LogP contribution in [0.4, 0.5) is 4.79 Å². The quantitative estimate of drug-likeness (QED) is 0.641. The summed E-state index contributed by atoms with van der Waals surface area (Å²) in [5.41, 5.74) is 1.14. The van der Waals surface area contributed by atoms with Crippen molar-refractivity contribution in [2.45, 2.75) is 13.3 Å². The molecule has 2 rings (SSSR count). The third kappa shape index (κ3) is 6.93. The van der Waals surface area contributed by atoms with Crippen LogP contribution in [0.25, 0.3) is 0 Å². The Labute approximate surface area is 154 Å². The van der Waals surface area contributed by atoms with E-state index in [-0.39, 0.29) is 6.03 Å². The highest BCUT2D eigenvalue weighted by Crippen LogP contribution is 2.17. The highest BCUT2D eigenvalue weighted by molar-refractivity contribution is 5.73. The van der Waals surface area contributed by atoms with Crippen molar-refractivity contribution < 1.29 is 19.0 Å². The first-order valence-corrected chi connectivity index (χ1v) is 8.71. The van der Waals surface area contributed by atoms with Gasteiger partial charge in [0.25, 0.3) is 0 Å². The molecule has 0 aliphatic rings. The van der Waals surface area contributed by atoms with E-state index in [4.69, 9.17) is 14.2 Å². The molecular formula is C20H26N2O4. The molecule has 0 saturated carbocycles. The summed E-state index contributed by atoms with van der Waals surface area (Å²) in [4.78, 5) is 11.7. The summed E-state index contributed by atoms with van der Waals surface area (Å²) >= 11 is 0. The van der Waals surface area contributed by atoms with Gasteiger partial charge in [0.15, 0.2) is 0 Å². The molecule has 0 radical (unpaired) electrons. The maximum atomic E-state index is 11.7. The Morgan fingerprint density at radius 3 is 2.04 bits per heavy atom.